The molecule has 0 amide bonds. The Hall–Kier alpha value is -1.86. The number of nitrogens with one attached hydrogen (secondary N) is 1. The van der Waals surface area contributed by atoms with Crippen LogP contribution in [0.4, 0.5) is 0 Å². The summed E-state index contributed by atoms with van der Waals surface area (Å²) in [6, 6.07) is 8.54. The molecule has 3 rings (SSSR count). The number of H-pyrrole nitrogens is 1. The number of rotatable bonds is 8. The average molecular weight is 420 g/mol. The minimum absolute atomic E-state index is 0.0288. The highest BCUT2D eigenvalue weighted by Crippen LogP contribution is 2.31. The van der Waals surface area contributed by atoms with Crippen molar-refractivity contribution in [3.63, 3.8) is 0 Å². The zero-order valence-electron chi connectivity index (χ0n) is 18.1. The molecule has 1 aromatic heterocycles. The van der Waals surface area contributed by atoms with Gasteiger partial charge in [0.05, 0.1) is 17.5 Å². The normalized spacial score (nSPS) is 21.4. The number of ether oxygens (including phenoxy) is 1. The molecule has 1 aromatic carbocycles. The van der Waals surface area contributed by atoms with Crippen molar-refractivity contribution in [1.29, 1.82) is 0 Å². The van der Waals surface area contributed by atoms with Crippen LogP contribution in [0.1, 0.15) is 56.5 Å². The summed E-state index contributed by atoms with van der Waals surface area (Å²) in [6.07, 6.45) is 3.78. The van der Waals surface area contributed by atoms with Crippen LogP contribution in [0.25, 0.3) is 0 Å². The molecule has 29 heavy (non-hydrogen) atoms. The predicted octanol–water partition coefficient (Wildman–Crippen LogP) is 4.17. The lowest BCUT2D eigenvalue weighted by Gasteiger charge is -2.30. The summed E-state index contributed by atoms with van der Waals surface area (Å²) in [5.41, 5.74) is 2.36. The Bertz CT molecular complexity index is 902. The number of benzene rings is 1. The van der Waals surface area contributed by atoms with Gasteiger partial charge in [-0.1, -0.05) is 24.6 Å². The van der Waals surface area contributed by atoms with Gasteiger partial charge in [0.1, 0.15) is 16.5 Å². The summed E-state index contributed by atoms with van der Waals surface area (Å²) in [5, 5.41) is 6.86. The maximum Gasteiger partial charge on any atom is 0.195 e. The van der Waals surface area contributed by atoms with Crippen molar-refractivity contribution >= 4 is 9.84 Å². The number of aromatic nitrogens is 2. The summed E-state index contributed by atoms with van der Waals surface area (Å²) in [4.78, 5) is 2.49. The number of likely N-dealkylation sites (tertiary alicyclic amines) is 1. The third-order valence-corrected chi connectivity index (χ3v) is 7.82. The van der Waals surface area contributed by atoms with E-state index in [9.17, 15) is 8.42 Å². The molecule has 2 heterocycles. The molecule has 0 bridgehead atoms. The second-order valence-corrected chi connectivity index (χ2v) is 10.2. The van der Waals surface area contributed by atoms with Crippen LogP contribution in [0.3, 0.4) is 0 Å². The summed E-state index contributed by atoms with van der Waals surface area (Å²) >= 11 is 0. The zero-order valence-corrected chi connectivity index (χ0v) is 18.9. The Morgan fingerprint density at radius 2 is 1.90 bits per heavy atom. The Labute approximate surface area is 174 Å². The monoisotopic (exact) mass is 419 g/mol. The molecule has 7 heteroatoms. The molecule has 0 aliphatic carbocycles. The zero-order chi connectivity index (χ0) is 21.2. The van der Waals surface area contributed by atoms with Crippen LogP contribution in [-0.2, 0) is 9.84 Å². The minimum Gasteiger partial charge on any atom is -0.490 e. The topological polar surface area (TPSA) is 75.3 Å². The minimum atomic E-state index is -3.44. The van der Waals surface area contributed by atoms with Gasteiger partial charge in [0.2, 0.25) is 0 Å². The van der Waals surface area contributed by atoms with Gasteiger partial charge < -0.3 is 4.74 Å². The number of nitrogens with zero attached hydrogens (tertiary/aromatic N) is 2. The lowest BCUT2D eigenvalue weighted by atomic mass is 10.1. The molecule has 1 saturated heterocycles. The summed E-state index contributed by atoms with van der Waals surface area (Å²) < 4.78 is 32.5. The molecule has 2 aromatic rings. The van der Waals surface area contributed by atoms with Crippen molar-refractivity contribution in [3.8, 4) is 5.75 Å². The van der Waals surface area contributed by atoms with Gasteiger partial charge in [0.25, 0.3) is 0 Å². The Morgan fingerprint density at radius 3 is 2.48 bits per heavy atom. The summed E-state index contributed by atoms with van der Waals surface area (Å²) in [5.74, 6) is 0.901. The predicted molar refractivity (Wildman–Crippen MR) is 115 cm³/mol. The fourth-order valence-electron chi connectivity index (χ4n) is 4.28. The average Bonchev–Trinajstić information content (AvgIpc) is 3.19. The van der Waals surface area contributed by atoms with Gasteiger partial charge in [0.15, 0.2) is 9.84 Å². The van der Waals surface area contributed by atoms with Gasteiger partial charge in [-0.15, -0.1) is 0 Å². The van der Waals surface area contributed by atoms with Crippen molar-refractivity contribution < 1.29 is 13.2 Å². The molecule has 1 N–H and O–H groups in total. The molecular formula is C22H33N3O3S. The van der Waals surface area contributed by atoms with Crippen LogP contribution in [0.2, 0.25) is 0 Å². The number of aryl methyl sites for hydroxylation is 3. The first kappa shape index (κ1) is 21.8. The lowest BCUT2D eigenvalue weighted by molar-refractivity contribution is 0.132. The van der Waals surface area contributed by atoms with Crippen molar-refractivity contribution in [2.24, 2.45) is 0 Å². The largest absolute Gasteiger partial charge is 0.490 e. The maximum absolute atomic E-state index is 13.1. The maximum atomic E-state index is 13.1. The SMILES string of the molecule is CC[C@@H](C[C@@H]1CC[C@H](C)N1CS(=O)(=O)c1c(C)n[nH]c1C)Oc1ccc(C)cc1. The number of hydrogen-bond acceptors (Lipinski definition) is 5. The van der Waals surface area contributed by atoms with Gasteiger partial charge >= 0.3 is 0 Å². The van der Waals surface area contributed by atoms with Gasteiger partial charge in [-0.2, -0.15) is 5.10 Å². The third-order valence-electron chi connectivity index (χ3n) is 5.96. The molecule has 1 aliphatic heterocycles. The fraction of sp³-hybridized carbons (Fsp3) is 0.591. The fourth-order valence-corrected chi connectivity index (χ4v) is 6.28. The van der Waals surface area contributed by atoms with Crippen molar-refractivity contribution in [3.05, 3.63) is 41.2 Å². The van der Waals surface area contributed by atoms with Gasteiger partial charge in [0, 0.05) is 12.1 Å². The van der Waals surface area contributed by atoms with E-state index in [-0.39, 0.29) is 24.1 Å². The molecule has 6 nitrogen and oxygen atoms in total. The van der Waals surface area contributed by atoms with E-state index >= 15 is 0 Å². The van der Waals surface area contributed by atoms with Crippen LogP contribution in [0, 0.1) is 20.8 Å². The first-order chi connectivity index (χ1) is 13.7. The molecule has 0 radical (unpaired) electrons. The number of aromatic amines is 1. The van der Waals surface area contributed by atoms with Crippen molar-refractivity contribution in [2.45, 2.75) is 83.4 Å². The van der Waals surface area contributed by atoms with Gasteiger partial charge in [-0.05, 0) is 65.5 Å². The second-order valence-electron chi connectivity index (χ2n) is 8.30. The molecule has 160 valence electrons. The highest BCUT2D eigenvalue weighted by atomic mass is 32.2. The first-order valence-electron chi connectivity index (χ1n) is 10.4. The molecule has 1 fully saturated rings. The van der Waals surface area contributed by atoms with Gasteiger partial charge in [-0.25, -0.2) is 8.42 Å². The van der Waals surface area contributed by atoms with E-state index in [0.29, 0.717) is 16.3 Å². The van der Waals surface area contributed by atoms with Gasteiger partial charge in [-0.3, -0.25) is 10.00 Å². The van der Waals surface area contributed by atoms with E-state index in [1.807, 2.05) is 24.3 Å². The third kappa shape index (κ3) is 5.01. The van der Waals surface area contributed by atoms with Crippen LogP contribution in [-0.4, -0.2) is 47.6 Å². The van der Waals surface area contributed by atoms with E-state index in [4.69, 9.17) is 4.74 Å². The standard InChI is InChI=1S/C22H33N3O3S/c1-6-20(28-21-11-7-15(2)8-12-21)13-19-10-9-16(3)25(19)14-29(26,27)22-17(4)23-24-18(22)5/h7-8,11-12,16,19-20H,6,9-10,13-14H2,1-5H3,(H,23,24)/t16-,19-,20-/m0/s1. The van der Waals surface area contributed by atoms with Crippen LogP contribution in [0.5, 0.6) is 5.75 Å². The Balaban J connectivity index is 1.72. The Kier molecular flexibility index (Phi) is 6.69. The highest BCUT2D eigenvalue weighted by molar-refractivity contribution is 7.91. The van der Waals surface area contributed by atoms with Crippen LogP contribution in [0.15, 0.2) is 29.2 Å². The quantitative estimate of drug-likeness (QED) is 0.695. The van der Waals surface area contributed by atoms with E-state index < -0.39 is 9.84 Å². The molecule has 1 aliphatic rings. The van der Waals surface area contributed by atoms with E-state index in [2.05, 4.69) is 35.9 Å². The molecule has 0 saturated carbocycles. The molecular weight excluding hydrogens is 386 g/mol. The summed E-state index contributed by atoms with van der Waals surface area (Å²) in [7, 11) is -3.44. The van der Waals surface area contributed by atoms with Crippen molar-refractivity contribution in [1.82, 2.24) is 15.1 Å². The molecule has 0 spiro atoms. The van der Waals surface area contributed by atoms with Crippen molar-refractivity contribution in [2.75, 3.05) is 5.88 Å². The Morgan fingerprint density at radius 1 is 1.21 bits per heavy atom. The highest BCUT2D eigenvalue weighted by Gasteiger charge is 2.36. The smallest absolute Gasteiger partial charge is 0.195 e. The van der Waals surface area contributed by atoms with E-state index in [1.165, 1.54) is 5.56 Å². The number of hydrogen-bond donors (Lipinski definition) is 1. The van der Waals surface area contributed by atoms with E-state index in [0.717, 1.165) is 31.4 Å². The van der Waals surface area contributed by atoms with Crippen LogP contribution < -0.4 is 4.74 Å². The molecule has 3 atom stereocenters. The first-order valence-corrected chi connectivity index (χ1v) is 12.1. The second kappa shape index (κ2) is 8.88. The lowest BCUT2D eigenvalue weighted by Crippen LogP contribution is -2.41. The van der Waals surface area contributed by atoms with Crippen LogP contribution >= 0.6 is 0 Å². The van der Waals surface area contributed by atoms with E-state index in [1.54, 1.807) is 13.8 Å². The summed E-state index contributed by atoms with van der Waals surface area (Å²) in [6.45, 7) is 9.80. The molecule has 0 unspecified atom stereocenters. The number of sulfone groups is 1.